The van der Waals surface area contributed by atoms with Crippen LogP contribution in [-0.2, 0) is 23.1 Å². The maximum absolute atomic E-state index is 11.9. The molecular weight excluding hydrogens is 511 g/mol. The van der Waals surface area contributed by atoms with E-state index in [1.807, 2.05) is 60.7 Å². The minimum absolute atomic E-state index is 0.0676. The van der Waals surface area contributed by atoms with Crippen LogP contribution in [0.4, 0.5) is 0 Å². The molecule has 1 aromatic heterocycles. The molecule has 4 rings (SSSR count). The number of rotatable bonds is 12. The number of phosphoric ester groups is 1. The van der Waals surface area contributed by atoms with Gasteiger partial charge < -0.3 is 28.8 Å². The first-order chi connectivity index (χ1) is 18.3. The van der Waals surface area contributed by atoms with E-state index in [-0.39, 0.29) is 18.8 Å². The number of imidazole rings is 1. The normalized spacial score (nSPS) is 20.9. The molecular formula is C27H33N2O8P. The fraction of sp³-hybridized carbons (Fsp3) is 0.370. The van der Waals surface area contributed by atoms with E-state index in [1.54, 1.807) is 31.0 Å². The maximum atomic E-state index is 11.9. The number of nitrogens with zero attached hydrogens (tertiary/aromatic N) is 2. The van der Waals surface area contributed by atoms with Gasteiger partial charge in [0, 0.05) is 26.6 Å². The summed E-state index contributed by atoms with van der Waals surface area (Å²) in [5, 5.41) is 10.1. The summed E-state index contributed by atoms with van der Waals surface area (Å²) in [6.07, 6.45) is 5.93. The molecule has 0 amide bonds. The molecule has 3 aromatic rings. The molecule has 0 aliphatic carbocycles. The van der Waals surface area contributed by atoms with E-state index in [9.17, 15) is 14.6 Å². The summed E-state index contributed by atoms with van der Waals surface area (Å²) in [5.41, 5.74) is 3.01. The van der Waals surface area contributed by atoms with Gasteiger partial charge in [-0.25, -0.2) is 9.55 Å². The zero-order valence-corrected chi connectivity index (χ0v) is 22.4. The van der Waals surface area contributed by atoms with Crippen LogP contribution in [0, 0.1) is 0 Å². The molecule has 5 atom stereocenters. The Bertz CT molecular complexity index is 1240. The highest BCUT2D eigenvalue weighted by Gasteiger charge is 2.30. The van der Waals surface area contributed by atoms with Crippen molar-refractivity contribution >= 4 is 13.9 Å². The minimum atomic E-state index is -4.17. The van der Waals surface area contributed by atoms with Crippen LogP contribution in [-0.4, -0.2) is 65.8 Å². The van der Waals surface area contributed by atoms with Gasteiger partial charge in [0.1, 0.15) is 23.8 Å². The van der Waals surface area contributed by atoms with Gasteiger partial charge in [-0.15, -0.1) is 0 Å². The molecule has 2 aromatic carbocycles. The monoisotopic (exact) mass is 544 g/mol. The Morgan fingerprint density at radius 1 is 1.11 bits per heavy atom. The number of methoxy groups -OCH3 is 1. The fourth-order valence-electron chi connectivity index (χ4n) is 4.13. The summed E-state index contributed by atoms with van der Waals surface area (Å²) >= 11 is 0. The van der Waals surface area contributed by atoms with Gasteiger partial charge in [0.25, 0.3) is 0 Å². The molecule has 0 spiro atoms. The van der Waals surface area contributed by atoms with Gasteiger partial charge in [-0.2, -0.15) is 0 Å². The third-order valence-corrected chi connectivity index (χ3v) is 7.18. The van der Waals surface area contributed by atoms with Crippen molar-refractivity contribution in [3.05, 3.63) is 78.4 Å². The standard InChI is InChI=1S/C27H33N2O8P/c1-19(30)27-28-14-15-29(27)23(16-36-38(31,32)34-3)11-6-20-4-7-21(8-5-20)22-9-12-24(13-10-22)37-26-18-35-17-25(26)33-2/h4-15,19,23,25-26,30H,16-18H2,1-3H3,(H,31,32)/b11-6+/t19-,23-,25-,26-/m0/s1. The zero-order chi connectivity index (χ0) is 27.1. The van der Waals surface area contributed by atoms with E-state index in [0.717, 1.165) is 29.5 Å². The number of aliphatic hydroxyl groups excluding tert-OH is 1. The largest absolute Gasteiger partial charge is 0.485 e. The summed E-state index contributed by atoms with van der Waals surface area (Å²) in [4.78, 5) is 13.9. The quantitative estimate of drug-likeness (QED) is 0.319. The van der Waals surface area contributed by atoms with Crippen molar-refractivity contribution in [1.29, 1.82) is 0 Å². The highest BCUT2D eigenvalue weighted by molar-refractivity contribution is 7.47. The van der Waals surface area contributed by atoms with Crippen LogP contribution < -0.4 is 4.74 Å². The summed E-state index contributed by atoms with van der Waals surface area (Å²) < 4.78 is 40.0. The molecule has 10 nitrogen and oxygen atoms in total. The fourth-order valence-corrected chi connectivity index (χ4v) is 4.58. The number of ether oxygens (including phenoxy) is 3. The van der Waals surface area contributed by atoms with Crippen LogP contribution in [0.1, 0.15) is 30.5 Å². The van der Waals surface area contributed by atoms with Gasteiger partial charge >= 0.3 is 7.82 Å². The lowest BCUT2D eigenvalue weighted by atomic mass is 10.0. The molecule has 0 saturated carbocycles. The van der Waals surface area contributed by atoms with Crippen molar-refractivity contribution in [2.45, 2.75) is 31.3 Å². The van der Waals surface area contributed by atoms with Crippen LogP contribution in [0.3, 0.4) is 0 Å². The molecule has 1 saturated heterocycles. The summed E-state index contributed by atoms with van der Waals surface area (Å²) in [6.45, 7) is 2.49. The molecule has 38 heavy (non-hydrogen) atoms. The van der Waals surface area contributed by atoms with Crippen LogP contribution >= 0.6 is 7.82 Å². The van der Waals surface area contributed by atoms with Crippen molar-refractivity contribution in [1.82, 2.24) is 9.55 Å². The van der Waals surface area contributed by atoms with Crippen LogP contribution in [0.5, 0.6) is 5.75 Å². The SMILES string of the molecule is CO[C@H]1COC[C@@H]1Oc1ccc(-c2ccc(/C=C/[C@@H](COP(=O)(O)OC)n3ccnc3[C@H](C)O)cc2)cc1. The smallest absolute Gasteiger partial charge is 0.471 e. The lowest BCUT2D eigenvalue weighted by Crippen LogP contribution is -2.31. The number of phosphoric acid groups is 1. The summed E-state index contributed by atoms with van der Waals surface area (Å²) in [7, 11) is -1.41. The maximum Gasteiger partial charge on any atom is 0.471 e. The van der Waals surface area contributed by atoms with E-state index in [2.05, 4.69) is 9.51 Å². The number of aromatic nitrogens is 2. The second kappa shape index (κ2) is 12.8. The molecule has 1 fully saturated rings. The molecule has 1 aliphatic heterocycles. The highest BCUT2D eigenvalue weighted by Crippen LogP contribution is 2.43. The first-order valence-corrected chi connectivity index (χ1v) is 13.7. The highest BCUT2D eigenvalue weighted by atomic mass is 31.2. The molecule has 0 bridgehead atoms. The van der Waals surface area contributed by atoms with Crippen LogP contribution in [0.25, 0.3) is 17.2 Å². The van der Waals surface area contributed by atoms with Crippen molar-refractivity contribution < 1.29 is 37.8 Å². The van der Waals surface area contributed by atoms with Gasteiger partial charge in [0.2, 0.25) is 0 Å². The van der Waals surface area contributed by atoms with E-state index >= 15 is 0 Å². The Morgan fingerprint density at radius 2 is 1.76 bits per heavy atom. The first-order valence-electron chi connectivity index (χ1n) is 12.2. The Labute approximate surface area is 222 Å². The van der Waals surface area contributed by atoms with Gasteiger partial charge in [-0.3, -0.25) is 9.05 Å². The van der Waals surface area contributed by atoms with E-state index < -0.39 is 20.0 Å². The van der Waals surface area contributed by atoms with Gasteiger partial charge in [0.05, 0.1) is 25.9 Å². The lowest BCUT2D eigenvalue weighted by molar-refractivity contribution is 0.0326. The van der Waals surface area contributed by atoms with E-state index in [0.29, 0.717) is 19.0 Å². The molecule has 0 radical (unpaired) electrons. The molecule has 1 unspecified atom stereocenters. The molecule has 11 heteroatoms. The van der Waals surface area contributed by atoms with Crippen LogP contribution in [0.15, 0.2) is 67.0 Å². The first kappa shape index (κ1) is 28.2. The Balaban J connectivity index is 1.45. The number of hydrogen-bond acceptors (Lipinski definition) is 8. The van der Waals surface area contributed by atoms with Gasteiger partial charge in [-0.05, 0) is 35.7 Å². The van der Waals surface area contributed by atoms with Crippen LogP contribution in [0.2, 0.25) is 0 Å². The number of hydrogen-bond donors (Lipinski definition) is 2. The van der Waals surface area contributed by atoms with Crippen molar-refractivity contribution in [3.8, 4) is 16.9 Å². The topological polar surface area (TPSA) is 122 Å². The second-order valence-electron chi connectivity index (χ2n) is 8.86. The predicted molar refractivity (Wildman–Crippen MR) is 142 cm³/mol. The molecule has 2 N–H and O–H groups in total. The Hall–Kier alpha value is -2.82. The summed E-state index contributed by atoms with van der Waals surface area (Å²) in [6, 6.07) is 15.3. The predicted octanol–water partition coefficient (Wildman–Crippen LogP) is 4.41. The second-order valence-corrected chi connectivity index (χ2v) is 10.4. The Morgan fingerprint density at radius 3 is 2.39 bits per heavy atom. The van der Waals surface area contributed by atoms with Crippen molar-refractivity contribution in [2.75, 3.05) is 34.0 Å². The van der Waals surface area contributed by atoms with Gasteiger partial charge in [-0.1, -0.05) is 48.6 Å². The van der Waals surface area contributed by atoms with E-state index in [4.69, 9.17) is 18.7 Å². The van der Waals surface area contributed by atoms with E-state index in [1.165, 1.54) is 0 Å². The molecule has 1 aliphatic rings. The minimum Gasteiger partial charge on any atom is -0.485 e. The number of aliphatic hydroxyl groups is 1. The number of benzene rings is 2. The third-order valence-electron chi connectivity index (χ3n) is 6.25. The average Bonchev–Trinajstić information content (AvgIpc) is 3.59. The zero-order valence-electron chi connectivity index (χ0n) is 21.5. The molecule has 2 heterocycles. The van der Waals surface area contributed by atoms with Crippen molar-refractivity contribution in [3.63, 3.8) is 0 Å². The summed E-state index contributed by atoms with van der Waals surface area (Å²) in [5.74, 6) is 1.17. The molecule has 204 valence electrons. The average molecular weight is 545 g/mol. The van der Waals surface area contributed by atoms with Gasteiger partial charge in [0.15, 0.2) is 6.10 Å². The third kappa shape index (κ3) is 7.18. The Kier molecular flexibility index (Phi) is 9.51. The van der Waals surface area contributed by atoms with Crippen molar-refractivity contribution in [2.24, 2.45) is 0 Å². The lowest BCUT2D eigenvalue weighted by Gasteiger charge is -2.20.